The van der Waals surface area contributed by atoms with Crippen molar-refractivity contribution >= 4 is 23.4 Å². The lowest BCUT2D eigenvalue weighted by molar-refractivity contribution is -0.126. The topological polar surface area (TPSA) is 91.2 Å². The van der Waals surface area contributed by atoms with Gasteiger partial charge in [0.2, 0.25) is 11.8 Å². The van der Waals surface area contributed by atoms with E-state index in [1.807, 2.05) is 44.2 Å². The smallest absolute Gasteiger partial charge is 0.295 e. The molecule has 4 rings (SSSR count). The Kier molecular flexibility index (Phi) is 4.96. The summed E-state index contributed by atoms with van der Waals surface area (Å²) in [6.07, 6.45) is 0.181. The van der Waals surface area contributed by atoms with Crippen LogP contribution in [0, 0.1) is 19.8 Å². The fraction of sp³-hybridized carbons (Fsp3) is 0.318. The van der Waals surface area contributed by atoms with Gasteiger partial charge in [-0.1, -0.05) is 24.3 Å². The Morgan fingerprint density at radius 1 is 1.14 bits per heavy atom. The molecule has 2 atom stereocenters. The van der Waals surface area contributed by atoms with Crippen LogP contribution in [0.2, 0.25) is 0 Å². The third-order valence-electron chi connectivity index (χ3n) is 5.61. The van der Waals surface area contributed by atoms with Gasteiger partial charge in [-0.05, 0) is 48.7 Å². The maximum absolute atomic E-state index is 12.7. The van der Waals surface area contributed by atoms with Crippen LogP contribution in [0.5, 0.6) is 0 Å². The van der Waals surface area contributed by atoms with Crippen LogP contribution in [0.15, 0.2) is 52.7 Å². The molecule has 0 aromatic heterocycles. The van der Waals surface area contributed by atoms with Gasteiger partial charge in [0.05, 0.1) is 5.92 Å². The first-order valence-electron chi connectivity index (χ1n) is 9.63. The van der Waals surface area contributed by atoms with Crippen LogP contribution in [-0.2, 0) is 9.59 Å². The Balaban J connectivity index is 1.41. The van der Waals surface area contributed by atoms with Crippen LogP contribution < -0.4 is 10.2 Å². The third kappa shape index (κ3) is 3.68. The molecule has 0 bridgehead atoms. The van der Waals surface area contributed by atoms with Gasteiger partial charge in [-0.25, -0.2) is 0 Å². The first-order valence-corrected chi connectivity index (χ1v) is 9.63. The van der Waals surface area contributed by atoms with Gasteiger partial charge in [-0.15, -0.1) is 5.11 Å². The van der Waals surface area contributed by atoms with E-state index < -0.39 is 12.0 Å². The zero-order chi connectivity index (χ0) is 20.5. The molecule has 0 saturated carbocycles. The maximum atomic E-state index is 12.7. The number of amides is 3. The molecule has 0 radical (unpaired) electrons. The van der Waals surface area contributed by atoms with Gasteiger partial charge in [-0.2, -0.15) is 5.11 Å². The van der Waals surface area contributed by atoms with Gasteiger partial charge in [0.15, 0.2) is 0 Å². The average Bonchev–Trinajstić information content (AvgIpc) is 3.11. The second-order valence-corrected chi connectivity index (χ2v) is 7.54. The second-order valence-electron chi connectivity index (χ2n) is 7.54. The minimum Gasteiger partial charge on any atom is -0.353 e. The van der Waals surface area contributed by atoms with E-state index in [1.54, 1.807) is 17.0 Å². The molecule has 0 aliphatic carbocycles. The minimum absolute atomic E-state index is 0.0540. The fourth-order valence-corrected chi connectivity index (χ4v) is 3.74. The van der Waals surface area contributed by atoms with Gasteiger partial charge in [0.25, 0.3) is 5.91 Å². The molecule has 1 fully saturated rings. The molecular formula is C22H22N4O3. The predicted octanol–water partition coefficient (Wildman–Crippen LogP) is 3.12. The molecule has 2 heterocycles. The van der Waals surface area contributed by atoms with Crippen molar-refractivity contribution in [3.05, 3.63) is 64.7 Å². The van der Waals surface area contributed by atoms with Crippen LogP contribution >= 0.6 is 0 Å². The first-order chi connectivity index (χ1) is 13.9. The lowest BCUT2D eigenvalue weighted by Gasteiger charge is -2.20. The highest BCUT2D eigenvalue weighted by Gasteiger charge is 2.35. The molecule has 7 nitrogen and oxygen atoms in total. The van der Waals surface area contributed by atoms with Crippen molar-refractivity contribution in [2.24, 2.45) is 16.1 Å². The number of aryl methyl sites for hydroxylation is 2. The largest absolute Gasteiger partial charge is 0.353 e. The quantitative estimate of drug-likeness (QED) is 0.869. The Labute approximate surface area is 168 Å². The molecular weight excluding hydrogens is 368 g/mol. The van der Waals surface area contributed by atoms with Crippen molar-refractivity contribution in [1.29, 1.82) is 0 Å². The molecule has 2 aliphatic heterocycles. The Bertz CT molecular complexity index is 1030. The number of azo groups is 1. The molecule has 2 aliphatic rings. The number of carbonyl (C=O) groups excluding carboxylic acids is 3. The number of rotatable bonds is 4. The van der Waals surface area contributed by atoms with Crippen LogP contribution in [-0.4, -0.2) is 30.8 Å². The number of nitrogens with one attached hydrogen (secondary N) is 1. The molecule has 148 valence electrons. The highest BCUT2D eigenvalue weighted by molar-refractivity contribution is 6.00. The van der Waals surface area contributed by atoms with Crippen molar-refractivity contribution in [1.82, 2.24) is 5.32 Å². The monoisotopic (exact) mass is 390 g/mol. The molecule has 1 N–H and O–H groups in total. The highest BCUT2D eigenvalue weighted by atomic mass is 16.2. The van der Waals surface area contributed by atoms with Crippen molar-refractivity contribution in [3.8, 4) is 0 Å². The summed E-state index contributed by atoms with van der Waals surface area (Å²) in [7, 11) is 0. The molecule has 2 aromatic rings. The number of benzene rings is 2. The summed E-state index contributed by atoms with van der Waals surface area (Å²) in [6.45, 7) is 4.62. The number of fused-ring (bicyclic) bond motifs is 1. The first kappa shape index (κ1) is 19.0. The lowest BCUT2D eigenvalue weighted by atomic mass is 9.99. The third-order valence-corrected chi connectivity index (χ3v) is 5.61. The summed E-state index contributed by atoms with van der Waals surface area (Å²) in [5.74, 6) is -1.02. The lowest BCUT2D eigenvalue weighted by Crippen LogP contribution is -2.35. The molecule has 2 unspecified atom stereocenters. The van der Waals surface area contributed by atoms with Gasteiger partial charge in [0, 0.05) is 30.8 Å². The standard InChI is InChI=1S/C22H22N4O3/c1-13-7-8-16(9-14(13)2)26-12-15(10-20(26)27)21(28)23-11-19-17-5-3-4-6-18(17)22(29)25-24-19/h3-9,15,19H,10-12H2,1-2H3,(H,23,28). The molecule has 7 heteroatoms. The van der Waals surface area contributed by atoms with Gasteiger partial charge in [-0.3, -0.25) is 14.4 Å². The number of hydrogen-bond acceptors (Lipinski definition) is 4. The van der Waals surface area contributed by atoms with Crippen molar-refractivity contribution in [2.45, 2.75) is 26.3 Å². The van der Waals surface area contributed by atoms with E-state index in [9.17, 15) is 14.4 Å². The van der Waals surface area contributed by atoms with E-state index in [0.717, 1.165) is 22.4 Å². The van der Waals surface area contributed by atoms with Crippen molar-refractivity contribution in [2.75, 3.05) is 18.0 Å². The van der Waals surface area contributed by atoms with Gasteiger partial charge < -0.3 is 10.2 Å². The second kappa shape index (κ2) is 7.58. The molecule has 29 heavy (non-hydrogen) atoms. The van der Waals surface area contributed by atoms with E-state index in [-0.39, 0.29) is 30.7 Å². The normalized spacial score (nSPS) is 20.7. The summed E-state index contributed by atoms with van der Waals surface area (Å²) in [5, 5.41) is 10.6. The maximum Gasteiger partial charge on any atom is 0.295 e. The van der Waals surface area contributed by atoms with Crippen LogP contribution in [0.3, 0.4) is 0 Å². The molecule has 1 saturated heterocycles. The highest BCUT2D eigenvalue weighted by Crippen LogP contribution is 2.29. The van der Waals surface area contributed by atoms with E-state index in [0.29, 0.717) is 12.1 Å². The predicted molar refractivity (Wildman–Crippen MR) is 108 cm³/mol. The Morgan fingerprint density at radius 3 is 2.72 bits per heavy atom. The molecule has 0 spiro atoms. The minimum atomic E-state index is -0.415. The van der Waals surface area contributed by atoms with Crippen LogP contribution in [0.25, 0.3) is 0 Å². The Morgan fingerprint density at radius 2 is 1.93 bits per heavy atom. The van der Waals surface area contributed by atoms with E-state index in [1.165, 1.54) is 0 Å². The number of hydrogen-bond donors (Lipinski definition) is 1. The SMILES string of the molecule is Cc1ccc(N2CC(C(=O)NCC3N=NC(=O)c4ccccc43)CC2=O)cc1C. The molecule has 3 amide bonds. The fourth-order valence-electron chi connectivity index (χ4n) is 3.74. The summed E-state index contributed by atoms with van der Waals surface area (Å²) in [5.41, 5.74) is 4.36. The Hall–Kier alpha value is -3.35. The molecule has 2 aromatic carbocycles. The summed E-state index contributed by atoms with van der Waals surface area (Å²) in [6, 6.07) is 12.6. The van der Waals surface area contributed by atoms with Gasteiger partial charge in [0.1, 0.15) is 6.04 Å². The van der Waals surface area contributed by atoms with Crippen molar-refractivity contribution in [3.63, 3.8) is 0 Å². The summed E-state index contributed by atoms with van der Waals surface area (Å²) < 4.78 is 0. The number of anilines is 1. The summed E-state index contributed by atoms with van der Waals surface area (Å²) >= 11 is 0. The zero-order valence-electron chi connectivity index (χ0n) is 16.4. The van der Waals surface area contributed by atoms with Crippen LogP contribution in [0.1, 0.15) is 39.5 Å². The average molecular weight is 390 g/mol. The van der Waals surface area contributed by atoms with E-state index in [4.69, 9.17) is 0 Å². The number of nitrogens with zero attached hydrogens (tertiary/aromatic N) is 3. The van der Waals surface area contributed by atoms with Gasteiger partial charge >= 0.3 is 0 Å². The zero-order valence-corrected chi connectivity index (χ0v) is 16.4. The summed E-state index contributed by atoms with van der Waals surface area (Å²) in [4.78, 5) is 38.7. The van der Waals surface area contributed by atoms with Crippen molar-refractivity contribution < 1.29 is 14.4 Å². The number of carbonyl (C=O) groups is 3. The van der Waals surface area contributed by atoms with Crippen LogP contribution in [0.4, 0.5) is 5.69 Å². The van der Waals surface area contributed by atoms with E-state index in [2.05, 4.69) is 15.5 Å². The van der Waals surface area contributed by atoms with E-state index >= 15 is 0 Å².